The number of morpholine rings is 1. The number of anilines is 2. The Morgan fingerprint density at radius 2 is 2.44 bits per heavy atom. The van der Waals surface area contributed by atoms with Gasteiger partial charge in [-0.1, -0.05) is 0 Å². The number of nitrogens with two attached hydrogens (primary N) is 1. The van der Waals surface area contributed by atoms with Gasteiger partial charge >= 0.3 is 0 Å². The lowest BCUT2D eigenvalue weighted by Gasteiger charge is -2.30. The zero-order valence-electron chi connectivity index (χ0n) is 9.81. The third-order valence-corrected chi connectivity index (χ3v) is 2.70. The van der Waals surface area contributed by atoms with Crippen LogP contribution >= 0.6 is 0 Å². The lowest BCUT2D eigenvalue weighted by molar-refractivity contribution is -0.0117. The van der Waals surface area contributed by atoms with Crippen molar-refractivity contribution in [2.24, 2.45) is 7.05 Å². The number of nitrogens with zero attached hydrogens (tertiary/aromatic N) is 3. The van der Waals surface area contributed by atoms with Crippen LogP contribution in [0.5, 0.6) is 0 Å². The SMILES string of the molecule is CN1CCOC(CNc2nn(C)cc2N)C1. The van der Waals surface area contributed by atoms with Crippen LogP contribution in [0.15, 0.2) is 6.20 Å². The molecule has 90 valence electrons. The van der Waals surface area contributed by atoms with Crippen LogP contribution in [-0.4, -0.2) is 54.1 Å². The van der Waals surface area contributed by atoms with Gasteiger partial charge in [-0.15, -0.1) is 0 Å². The van der Waals surface area contributed by atoms with Gasteiger partial charge in [0, 0.05) is 32.9 Å². The fraction of sp³-hybridized carbons (Fsp3) is 0.700. The Hall–Kier alpha value is -1.27. The molecule has 0 radical (unpaired) electrons. The molecular formula is C10H19N5O. The molecule has 1 unspecified atom stereocenters. The Kier molecular flexibility index (Phi) is 3.31. The maximum Gasteiger partial charge on any atom is 0.171 e. The lowest BCUT2D eigenvalue weighted by atomic mass is 10.3. The van der Waals surface area contributed by atoms with Gasteiger partial charge in [-0.3, -0.25) is 4.68 Å². The van der Waals surface area contributed by atoms with Crippen LogP contribution in [0.1, 0.15) is 0 Å². The molecule has 2 rings (SSSR count). The van der Waals surface area contributed by atoms with E-state index >= 15 is 0 Å². The van der Waals surface area contributed by atoms with Crippen molar-refractivity contribution in [3.63, 3.8) is 0 Å². The van der Waals surface area contributed by atoms with E-state index in [9.17, 15) is 0 Å². The Morgan fingerprint density at radius 3 is 3.06 bits per heavy atom. The molecule has 0 aliphatic carbocycles. The van der Waals surface area contributed by atoms with Crippen LogP contribution in [0.25, 0.3) is 0 Å². The molecule has 1 aromatic rings. The van der Waals surface area contributed by atoms with Crippen LogP contribution in [0.2, 0.25) is 0 Å². The number of aryl methyl sites for hydroxylation is 1. The Morgan fingerprint density at radius 1 is 1.62 bits per heavy atom. The number of hydrogen-bond donors (Lipinski definition) is 2. The first-order valence-corrected chi connectivity index (χ1v) is 5.48. The van der Waals surface area contributed by atoms with Crippen molar-refractivity contribution >= 4 is 11.5 Å². The van der Waals surface area contributed by atoms with Crippen molar-refractivity contribution in [3.8, 4) is 0 Å². The number of rotatable bonds is 3. The zero-order chi connectivity index (χ0) is 11.5. The molecule has 0 saturated carbocycles. The summed E-state index contributed by atoms with van der Waals surface area (Å²) >= 11 is 0. The predicted molar refractivity (Wildman–Crippen MR) is 63.3 cm³/mol. The van der Waals surface area contributed by atoms with Crippen molar-refractivity contribution in [2.45, 2.75) is 6.10 Å². The molecule has 0 spiro atoms. The smallest absolute Gasteiger partial charge is 0.171 e. The molecule has 1 aliphatic rings. The van der Waals surface area contributed by atoms with Crippen LogP contribution in [0.4, 0.5) is 11.5 Å². The summed E-state index contributed by atoms with van der Waals surface area (Å²) < 4.78 is 7.34. The molecule has 1 fully saturated rings. The molecule has 16 heavy (non-hydrogen) atoms. The number of nitrogen functional groups attached to an aromatic ring is 1. The van der Waals surface area contributed by atoms with Crippen molar-refractivity contribution < 1.29 is 4.74 Å². The van der Waals surface area contributed by atoms with E-state index < -0.39 is 0 Å². The zero-order valence-corrected chi connectivity index (χ0v) is 9.81. The predicted octanol–water partition coefficient (Wildman–Crippen LogP) is -0.255. The van der Waals surface area contributed by atoms with E-state index in [0.29, 0.717) is 5.69 Å². The van der Waals surface area contributed by atoms with Crippen LogP contribution in [0.3, 0.4) is 0 Å². The second kappa shape index (κ2) is 4.71. The Labute approximate surface area is 95.4 Å². The van der Waals surface area contributed by atoms with Gasteiger partial charge in [0.25, 0.3) is 0 Å². The quantitative estimate of drug-likeness (QED) is 0.742. The van der Waals surface area contributed by atoms with Crippen LogP contribution in [0, 0.1) is 0 Å². The van der Waals surface area contributed by atoms with Gasteiger partial charge in [0.05, 0.1) is 18.4 Å². The summed E-state index contributed by atoms with van der Waals surface area (Å²) in [4.78, 5) is 2.26. The summed E-state index contributed by atoms with van der Waals surface area (Å²) in [6, 6.07) is 0. The molecule has 3 N–H and O–H groups in total. The number of likely N-dealkylation sites (N-methyl/N-ethyl adjacent to an activating group) is 1. The molecular weight excluding hydrogens is 206 g/mol. The highest BCUT2D eigenvalue weighted by molar-refractivity contribution is 5.59. The first-order valence-electron chi connectivity index (χ1n) is 5.48. The molecule has 1 saturated heterocycles. The van der Waals surface area contributed by atoms with Gasteiger partial charge in [-0.25, -0.2) is 0 Å². The third kappa shape index (κ3) is 2.65. The molecule has 1 atom stereocenters. The second-order valence-corrected chi connectivity index (χ2v) is 4.24. The summed E-state index contributed by atoms with van der Waals surface area (Å²) in [6.45, 7) is 3.48. The highest BCUT2D eigenvalue weighted by Crippen LogP contribution is 2.14. The minimum atomic E-state index is 0.208. The standard InChI is InChI=1S/C10H19N5O/c1-14-3-4-16-8(6-14)5-12-10-9(11)7-15(2)13-10/h7-8H,3-6,11H2,1-2H3,(H,12,13). The van der Waals surface area contributed by atoms with Crippen molar-refractivity contribution in [2.75, 3.05) is 44.3 Å². The molecule has 2 heterocycles. The highest BCUT2D eigenvalue weighted by Gasteiger charge is 2.17. The largest absolute Gasteiger partial charge is 0.394 e. The molecule has 0 aromatic carbocycles. The van der Waals surface area contributed by atoms with Gasteiger partial charge in [-0.05, 0) is 7.05 Å². The first-order chi connectivity index (χ1) is 7.65. The third-order valence-electron chi connectivity index (χ3n) is 2.70. The van der Waals surface area contributed by atoms with Gasteiger partial charge < -0.3 is 20.7 Å². The van der Waals surface area contributed by atoms with E-state index in [0.717, 1.165) is 32.1 Å². The highest BCUT2D eigenvalue weighted by atomic mass is 16.5. The van der Waals surface area contributed by atoms with E-state index in [4.69, 9.17) is 10.5 Å². The molecule has 6 nitrogen and oxygen atoms in total. The molecule has 0 amide bonds. The molecule has 6 heteroatoms. The van der Waals surface area contributed by atoms with E-state index in [1.54, 1.807) is 10.9 Å². The van der Waals surface area contributed by atoms with Crippen molar-refractivity contribution in [3.05, 3.63) is 6.20 Å². The van der Waals surface area contributed by atoms with Gasteiger partial charge in [0.2, 0.25) is 0 Å². The fourth-order valence-electron chi connectivity index (χ4n) is 1.84. The number of aromatic nitrogens is 2. The number of hydrogen-bond acceptors (Lipinski definition) is 5. The number of ether oxygens (including phenoxy) is 1. The summed E-state index contributed by atoms with van der Waals surface area (Å²) in [5.74, 6) is 0.735. The second-order valence-electron chi connectivity index (χ2n) is 4.24. The van der Waals surface area contributed by atoms with Crippen molar-refractivity contribution in [1.29, 1.82) is 0 Å². The van der Waals surface area contributed by atoms with E-state index in [2.05, 4.69) is 22.4 Å². The summed E-state index contributed by atoms with van der Waals surface area (Å²) in [5, 5.41) is 7.44. The lowest BCUT2D eigenvalue weighted by Crippen LogP contribution is -2.43. The average molecular weight is 225 g/mol. The van der Waals surface area contributed by atoms with Gasteiger partial charge in [0.15, 0.2) is 5.82 Å². The minimum Gasteiger partial charge on any atom is -0.394 e. The maximum absolute atomic E-state index is 5.79. The van der Waals surface area contributed by atoms with Crippen LogP contribution in [-0.2, 0) is 11.8 Å². The molecule has 0 bridgehead atoms. The monoisotopic (exact) mass is 225 g/mol. The summed E-state index contributed by atoms with van der Waals surface area (Å²) in [7, 11) is 3.96. The molecule has 1 aliphatic heterocycles. The van der Waals surface area contributed by atoms with E-state index in [1.165, 1.54) is 0 Å². The summed E-state index contributed by atoms with van der Waals surface area (Å²) in [6.07, 6.45) is 2.00. The topological polar surface area (TPSA) is 68.3 Å². The number of nitrogens with one attached hydrogen (secondary N) is 1. The van der Waals surface area contributed by atoms with Crippen molar-refractivity contribution in [1.82, 2.24) is 14.7 Å². The fourth-order valence-corrected chi connectivity index (χ4v) is 1.84. The average Bonchev–Trinajstić information content (AvgIpc) is 2.54. The minimum absolute atomic E-state index is 0.208. The maximum atomic E-state index is 5.79. The van der Waals surface area contributed by atoms with Gasteiger partial charge in [-0.2, -0.15) is 5.10 Å². The Balaban J connectivity index is 1.85. The normalized spacial score (nSPS) is 22.2. The van der Waals surface area contributed by atoms with Gasteiger partial charge in [0.1, 0.15) is 0 Å². The van der Waals surface area contributed by atoms with E-state index in [-0.39, 0.29) is 6.10 Å². The van der Waals surface area contributed by atoms with Crippen LogP contribution < -0.4 is 11.1 Å². The van der Waals surface area contributed by atoms with E-state index in [1.807, 2.05) is 7.05 Å². The summed E-state index contributed by atoms with van der Waals surface area (Å²) in [5.41, 5.74) is 6.46. The Bertz CT molecular complexity index is 351. The molecule has 1 aromatic heterocycles. The first kappa shape index (κ1) is 11.2.